The highest BCUT2D eigenvalue weighted by molar-refractivity contribution is 7.15. The number of thiazole rings is 1. The van der Waals surface area contributed by atoms with Gasteiger partial charge in [0.25, 0.3) is 5.56 Å². The van der Waals surface area contributed by atoms with Gasteiger partial charge in [0.2, 0.25) is 4.96 Å². The van der Waals surface area contributed by atoms with Crippen LogP contribution in [0.5, 0.6) is 5.75 Å². The van der Waals surface area contributed by atoms with Gasteiger partial charge < -0.3 is 4.74 Å². The third-order valence-electron chi connectivity index (χ3n) is 3.33. The molecular weight excluding hydrogens is 298 g/mol. The largest absolute Gasteiger partial charge is 0.493 e. The van der Waals surface area contributed by atoms with Crippen molar-refractivity contribution in [2.75, 3.05) is 6.61 Å². The number of rotatable bonds is 6. The van der Waals surface area contributed by atoms with E-state index in [1.807, 2.05) is 30.3 Å². The number of para-hydroxylation sites is 1. The van der Waals surface area contributed by atoms with Crippen LogP contribution in [0.15, 0.2) is 35.4 Å². The van der Waals surface area contributed by atoms with Gasteiger partial charge in [-0.15, -0.1) is 0 Å². The van der Waals surface area contributed by atoms with Gasteiger partial charge in [0.15, 0.2) is 0 Å². The van der Waals surface area contributed by atoms with E-state index in [0.29, 0.717) is 16.1 Å². The summed E-state index contributed by atoms with van der Waals surface area (Å²) >= 11 is 1.33. The van der Waals surface area contributed by atoms with Gasteiger partial charge >= 0.3 is 0 Å². The average molecular weight is 315 g/mol. The van der Waals surface area contributed by atoms with E-state index < -0.39 is 0 Å². The molecule has 0 saturated heterocycles. The molecule has 1 aromatic carbocycles. The molecule has 0 fully saturated rings. The second kappa shape index (κ2) is 6.70. The lowest BCUT2D eigenvalue weighted by atomic mass is 10.2. The zero-order valence-corrected chi connectivity index (χ0v) is 13.2. The van der Waals surface area contributed by atoms with Gasteiger partial charge in [-0.3, -0.25) is 4.79 Å². The molecule has 0 bridgehead atoms. The smallest absolute Gasteiger partial charge is 0.291 e. The summed E-state index contributed by atoms with van der Waals surface area (Å²) in [5, 5.41) is 3.93. The van der Waals surface area contributed by atoms with Gasteiger partial charge in [-0.2, -0.15) is 9.61 Å². The molecule has 0 aliphatic carbocycles. The zero-order chi connectivity index (χ0) is 15.4. The molecule has 22 heavy (non-hydrogen) atoms. The monoisotopic (exact) mass is 315 g/mol. The van der Waals surface area contributed by atoms with Gasteiger partial charge in [-0.05, 0) is 18.6 Å². The predicted octanol–water partition coefficient (Wildman–Crippen LogP) is 2.27. The van der Waals surface area contributed by atoms with E-state index in [0.717, 1.165) is 24.2 Å². The molecule has 0 N–H and O–H groups in total. The van der Waals surface area contributed by atoms with Crippen molar-refractivity contribution in [3.63, 3.8) is 0 Å². The molecule has 0 aliphatic rings. The van der Waals surface area contributed by atoms with Gasteiger partial charge in [0, 0.05) is 5.56 Å². The standard InChI is InChI=1S/C16H17N3O2S/c1-2-3-6-9-21-13-8-5-4-7-12(13)10-14-15(20)19-16(22-14)17-11-18-19/h4-5,7-8,10-11H,2-3,6,9H2,1H3. The Bertz CT molecular complexity index is 869. The first-order chi connectivity index (χ1) is 10.8. The highest BCUT2D eigenvalue weighted by Gasteiger charge is 2.06. The van der Waals surface area contributed by atoms with Crippen LogP contribution in [0.3, 0.4) is 0 Å². The number of hydrogen-bond acceptors (Lipinski definition) is 5. The first-order valence-corrected chi connectivity index (χ1v) is 8.17. The molecule has 114 valence electrons. The maximum Gasteiger partial charge on any atom is 0.291 e. The van der Waals surface area contributed by atoms with E-state index in [4.69, 9.17) is 4.74 Å². The summed E-state index contributed by atoms with van der Waals surface area (Å²) in [4.78, 5) is 16.9. The lowest BCUT2D eigenvalue weighted by Gasteiger charge is -2.08. The van der Waals surface area contributed by atoms with Crippen molar-refractivity contribution >= 4 is 22.4 Å². The Kier molecular flexibility index (Phi) is 4.48. The fraction of sp³-hybridized carbons (Fsp3) is 0.312. The van der Waals surface area contributed by atoms with E-state index in [9.17, 15) is 4.79 Å². The van der Waals surface area contributed by atoms with Crippen molar-refractivity contribution in [2.45, 2.75) is 26.2 Å². The van der Waals surface area contributed by atoms with Crippen LogP contribution in [0.4, 0.5) is 0 Å². The SMILES string of the molecule is CCCCCOc1ccccc1C=c1sc2ncnn2c1=O. The van der Waals surface area contributed by atoms with Crippen molar-refractivity contribution < 1.29 is 4.74 Å². The minimum absolute atomic E-state index is 0.140. The van der Waals surface area contributed by atoms with Gasteiger partial charge in [0.1, 0.15) is 12.1 Å². The molecule has 3 aromatic rings. The second-order valence-corrected chi connectivity index (χ2v) is 5.97. The summed E-state index contributed by atoms with van der Waals surface area (Å²) in [6.45, 7) is 2.86. The van der Waals surface area contributed by atoms with Gasteiger partial charge in [-0.1, -0.05) is 49.3 Å². The van der Waals surface area contributed by atoms with Crippen molar-refractivity contribution in [3.8, 4) is 5.75 Å². The Morgan fingerprint density at radius 2 is 2.18 bits per heavy atom. The van der Waals surface area contributed by atoms with Crippen LogP contribution in [0.2, 0.25) is 0 Å². The normalized spacial score (nSPS) is 12.1. The summed E-state index contributed by atoms with van der Waals surface area (Å²) in [5.74, 6) is 0.803. The predicted molar refractivity (Wildman–Crippen MR) is 87.4 cm³/mol. The molecule has 2 aromatic heterocycles. The van der Waals surface area contributed by atoms with Crippen LogP contribution in [-0.2, 0) is 0 Å². The molecule has 0 aliphatic heterocycles. The second-order valence-electron chi connectivity index (χ2n) is 4.96. The molecule has 3 rings (SSSR count). The molecule has 0 saturated carbocycles. The third kappa shape index (κ3) is 3.01. The van der Waals surface area contributed by atoms with E-state index in [2.05, 4.69) is 17.0 Å². The molecule has 0 spiro atoms. The number of aromatic nitrogens is 3. The first-order valence-electron chi connectivity index (χ1n) is 7.35. The summed E-state index contributed by atoms with van der Waals surface area (Å²) < 4.78 is 7.77. The quantitative estimate of drug-likeness (QED) is 0.655. The number of nitrogens with zero attached hydrogens (tertiary/aromatic N) is 3. The van der Waals surface area contributed by atoms with Gasteiger partial charge in [-0.25, -0.2) is 4.98 Å². The van der Waals surface area contributed by atoms with Crippen LogP contribution < -0.4 is 14.8 Å². The highest BCUT2D eigenvalue weighted by atomic mass is 32.1. The Labute approximate surface area is 131 Å². The van der Waals surface area contributed by atoms with Crippen LogP contribution in [-0.4, -0.2) is 21.2 Å². The zero-order valence-electron chi connectivity index (χ0n) is 12.4. The Morgan fingerprint density at radius 3 is 3.00 bits per heavy atom. The summed E-state index contributed by atoms with van der Waals surface area (Å²) in [5.41, 5.74) is 0.763. The van der Waals surface area contributed by atoms with Crippen LogP contribution in [0.1, 0.15) is 31.7 Å². The van der Waals surface area contributed by atoms with Crippen LogP contribution in [0, 0.1) is 0 Å². The number of hydrogen-bond donors (Lipinski definition) is 0. The highest BCUT2D eigenvalue weighted by Crippen LogP contribution is 2.19. The maximum absolute atomic E-state index is 12.2. The van der Waals surface area contributed by atoms with Crippen molar-refractivity contribution in [3.05, 3.63) is 51.0 Å². The lowest BCUT2D eigenvalue weighted by Crippen LogP contribution is -2.23. The molecule has 5 nitrogen and oxygen atoms in total. The van der Waals surface area contributed by atoms with Crippen molar-refractivity contribution in [1.29, 1.82) is 0 Å². The average Bonchev–Trinajstić information content (AvgIpc) is 3.09. The van der Waals surface area contributed by atoms with Crippen molar-refractivity contribution in [1.82, 2.24) is 14.6 Å². The van der Waals surface area contributed by atoms with Crippen LogP contribution in [0.25, 0.3) is 11.0 Å². The van der Waals surface area contributed by atoms with Crippen molar-refractivity contribution in [2.24, 2.45) is 0 Å². The molecule has 2 heterocycles. The topological polar surface area (TPSA) is 56.5 Å². The summed E-state index contributed by atoms with van der Waals surface area (Å²) in [6.07, 6.45) is 6.59. The Morgan fingerprint density at radius 1 is 1.32 bits per heavy atom. The minimum Gasteiger partial charge on any atom is -0.493 e. The molecule has 0 amide bonds. The van der Waals surface area contributed by atoms with E-state index in [-0.39, 0.29) is 5.56 Å². The number of unbranched alkanes of at least 4 members (excludes halogenated alkanes) is 2. The fourth-order valence-corrected chi connectivity index (χ4v) is 3.06. The van der Waals surface area contributed by atoms with Crippen LogP contribution >= 0.6 is 11.3 Å². The van der Waals surface area contributed by atoms with Gasteiger partial charge in [0.05, 0.1) is 11.1 Å². The fourth-order valence-electron chi connectivity index (χ4n) is 2.18. The van der Waals surface area contributed by atoms with E-state index in [1.165, 1.54) is 28.6 Å². The number of benzene rings is 1. The molecule has 0 radical (unpaired) electrons. The summed E-state index contributed by atoms with van der Waals surface area (Å²) in [7, 11) is 0. The maximum atomic E-state index is 12.2. The third-order valence-corrected chi connectivity index (χ3v) is 4.31. The molecular formula is C16H17N3O2S. The minimum atomic E-state index is -0.140. The van der Waals surface area contributed by atoms with E-state index >= 15 is 0 Å². The number of fused-ring (bicyclic) bond motifs is 1. The Hall–Kier alpha value is -2.21. The number of ether oxygens (including phenoxy) is 1. The Balaban J connectivity index is 1.91. The van der Waals surface area contributed by atoms with E-state index in [1.54, 1.807) is 0 Å². The molecule has 0 unspecified atom stereocenters. The lowest BCUT2D eigenvalue weighted by molar-refractivity contribution is 0.305. The first kappa shape index (κ1) is 14.7. The molecule has 0 atom stereocenters. The molecule has 6 heteroatoms. The summed E-state index contributed by atoms with van der Waals surface area (Å²) in [6, 6.07) is 7.75.